The SMILES string of the molecule is CCc1ccccc1-n1ncc(-c2nnnn2Cc2ccc(C#N)cc2)c1SCc1ccccc1. The molecule has 5 aromatic rings. The van der Waals surface area contributed by atoms with Crippen LogP contribution in [0.3, 0.4) is 0 Å². The van der Waals surface area contributed by atoms with Gasteiger partial charge >= 0.3 is 0 Å². The van der Waals surface area contributed by atoms with Crippen LogP contribution in [0.2, 0.25) is 0 Å². The highest BCUT2D eigenvalue weighted by Crippen LogP contribution is 2.35. The smallest absolute Gasteiger partial charge is 0.186 e. The van der Waals surface area contributed by atoms with Crippen LogP contribution in [0.15, 0.2) is 90.1 Å². The van der Waals surface area contributed by atoms with Crippen LogP contribution in [0.25, 0.3) is 17.1 Å². The normalized spacial score (nSPS) is 10.9. The van der Waals surface area contributed by atoms with Gasteiger partial charge in [0.15, 0.2) is 5.82 Å². The van der Waals surface area contributed by atoms with Crippen molar-refractivity contribution in [1.82, 2.24) is 30.0 Å². The van der Waals surface area contributed by atoms with Gasteiger partial charge < -0.3 is 0 Å². The Morgan fingerprint density at radius 1 is 0.914 bits per heavy atom. The van der Waals surface area contributed by atoms with Gasteiger partial charge in [-0.15, -0.1) is 16.9 Å². The number of rotatable bonds is 8. The van der Waals surface area contributed by atoms with Crippen LogP contribution in [-0.2, 0) is 18.7 Å². The van der Waals surface area contributed by atoms with E-state index in [9.17, 15) is 0 Å². The Kier molecular flexibility index (Phi) is 6.68. The van der Waals surface area contributed by atoms with E-state index in [0.29, 0.717) is 17.9 Å². The lowest BCUT2D eigenvalue weighted by Crippen LogP contribution is -2.06. The summed E-state index contributed by atoms with van der Waals surface area (Å²) in [6, 6.07) is 28.3. The summed E-state index contributed by atoms with van der Waals surface area (Å²) in [6.45, 7) is 2.64. The Morgan fingerprint density at radius 3 is 2.46 bits per heavy atom. The number of benzene rings is 3. The van der Waals surface area contributed by atoms with Gasteiger partial charge in [-0.3, -0.25) is 0 Å². The van der Waals surface area contributed by atoms with Gasteiger partial charge in [0, 0.05) is 5.75 Å². The minimum atomic E-state index is 0.494. The van der Waals surface area contributed by atoms with Crippen LogP contribution in [-0.4, -0.2) is 30.0 Å². The first-order valence-electron chi connectivity index (χ1n) is 11.4. The molecule has 2 aromatic heterocycles. The number of nitriles is 1. The van der Waals surface area contributed by atoms with Crippen LogP contribution < -0.4 is 0 Å². The van der Waals surface area contributed by atoms with Gasteiger partial charge in [0.2, 0.25) is 0 Å². The summed E-state index contributed by atoms with van der Waals surface area (Å²) in [5.74, 6) is 1.45. The lowest BCUT2D eigenvalue weighted by molar-refractivity contribution is 0.652. The highest BCUT2D eigenvalue weighted by molar-refractivity contribution is 7.98. The van der Waals surface area contributed by atoms with Crippen molar-refractivity contribution >= 4 is 11.8 Å². The lowest BCUT2D eigenvalue weighted by Gasteiger charge is -2.13. The van der Waals surface area contributed by atoms with Crippen LogP contribution in [0.5, 0.6) is 0 Å². The number of thioether (sulfide) groups is 1. The lowest BCUT2D eigenvalue weighted by atomic mass is 10.1. The molecule has 0 saturated heterocycles. The maximum absolute atomic E-state index is 9.08. The molecule has 2 heterocycles. The van der Waals surface area contributed by atoms with E-state index in [2.05, 4.69) is 71.0 Å². The van der Waals surface area contributed by atoms with Crippen molar-refractivity contribution in [3.8, 4) is 23.1 Å². The zero-order valence-corrected chi connectivity index (χ0v) is 20.1. The summed E-state index contributed by atoms with van der Waals surface area (Å²) in [7, 11) is 0. The minimum Gasteiger partial charge on any atom is -0.226 e. The molecule has 8 heteroatoms. The van der Waals surface area contributed by atoms with Gasteiger partial charge in [0.1, 0.15) is 5.03 Å². The van der Waals surface area contributed by atoms with Gasteiger partial charge in [0.25, 0.3) is 0 Å². The molecule has 0 atom stereocenters. The van der Waals surface area contributed by atoms with E-state index in [1.807, 2.05) is 35.1 Å². The third kappa shape index (κ3) is 4.86. The Morgan fingerprint density at radius 2 is 1.69 bits per heavy atom. The molecule has 0 unspecified atom stereocenters. The molecule has 35 heavy (non-hydrogen) atoms. The average Bonchev–Trinajstić information content (AvgIpc) is 3.55. The number of nitrogens with zero attached hydrogens (tertiary/aromatic N) is 7. The fourth-order valence-electron chi connectivity index (χ4n) is 3.91. The molecule has 5 rings (SSSR count). The number of tetrazole rings is 1. The molecule has 0 amide bonds. The van der Waals surface area contributed by atoms with Crippen molar-refractivity contribution in [2.75, 3.05) is 0 Å². The fraction of sp³-hybridized carbons (Fsp3) is 0.148. The molecule has 0 aliphatic carbocycles. The van der Waals surface area contributed by atoms with Crippen LogP contribution in [0.1, 0.15) is 29.2 Å². The molecular formula is C27H23N7S. The Labute approximate surface area is 208 Å². The molecule has 3 aromatic carbocycles. The quantitative estimate of drug-likeness (QED) is 0.282. The summed E-state index contributed by atoms with van der Waals surface area (Å²) in [5.41, 5.74) is 6.04. The summed E-state index contributed by atoms with van der Waals surface area (Å²) in [4.78, 5) is 0. The Hall–Kier alpha value is -4.22. The first-order chi connectivity index (χ1) is 17.3. The standard InChI is InChI=1S/C27H23N7S/c1-2-23-10-6-7-11-25(23)34-27(35-19-22-8-4-3-5-9-22)24(17-29-34)26-30-31-32-33(26)18-21-14-12-20(16-28)13-15-21/h3-15,17H,2,18-19H2,1H3. The van der Waals surface area contributed by atoms with E-state index in [1.165, 1.54) is 11.1 Å². The van der Waals surface area contributed by atoms with Gasteiger partial charge in [-0.2, -0.15) is 10.4 Å². The monoisotopic (exact) mass is 477 g/mol. The van der Waals surface area contributed by atoms with E-state index >= 15 is 0 Å². The van der Waals surface area contributed by atoms with Gasteiger partial charge in [0.05, 0.1) is 35.6 Å². The summed E-state index contributed by atoms with van der Waals surface area (Å²) in [5, 5.41) is 27.4. The first-order valence-corrected chi connectivity index (χ1v) is 12.3. The number of hydrogen-bond donors (Lipinski definition) is 0. The topological polar surface area (TPSA) is 85.2 Å². The van der Waals surface area contributed by atoms with Crippen LogP contribution in [0.4, 0.5) is 0 Å². The van der Waals surface area contributed by atoms with E-state index < -0.39 is 0 Å². The first kappa shape index (κ1) is 22.6. The molecule has 0 fully saturated rings. The van der Waals surface area contributed by atoms with Crippen molar-refractivity contribution in [2.24, 2.45) is 0 Å². The van der Waals surface area contributed by atoms with Gasteiger partial charge in [-0.25, -0.2) is 9.36 Å². The average molecular weight is 478 g/mol. The van der Waals surface area contributed by atoms with Gasteiger partial charge in [-0.05, 0) is 51.7 Å². The second-order valence-corrected chi connectivity index (χ2v) is 8.96. The zero-order valence-electron chi connectivity index (χ0n) is 19.2. The number of aryl methyl sites for hydroxylation is 1. The molecule has 0 bridgehead atoms. The Balaban J connectivity index is 1.54. The second-order valence-electron chi connectivity index (χ2n) is 8.00. The highest BCUT2D eigenvalue weighted by atomic mass is 32.2. The largest absolute Gasteiger partial charge is 0.226 e. The van der Waals surface area contributed by atoms with Crippen molar-refractivity contribution in [3.05, 3.63) is 107 Å². The number of para-hydroxylation sites is 1. The maximum Gasteiger partial charge on any atom is 0.186 e. The molecule has 172 valence electrons. The summed E-state index contributed by atoms with van der Waals surface area (Å²) >= 11 is 1.72. The maximum atomic E-state index is 9.08. The predicted molar refractivity (Wildman–Crippen MR) is 136 cm³/mol. The molecule has 0 spiro atoms. The fourth-order valence-corrected chi connectivity index (χ4v) is 4.97. The van der Waals surface area contributed by atoms with E-state index in [4.69, 9.17) is 10.4 Å². The molecule has 0 N–H and O–H groups in total. The van der Waals surface area contributed by atoms with E-state index in [0.717, 1.165) is 34.0 Å². The molecule has 0 saturated carbocycles. The van der Waals surface area contributed by atoms with Crippen molar-refractivity contribution < 1.29 is 0 Å². The second kappa shape index (κ2) is 10.4. The third-order valence-corrected chi connectivity index (χ3v) is 6.88. The summed E-state index contributed by atoms with van der Waals surface area (Å²) in [6.07, 6.45) is 2.76. The van der Waals surface area contributed by atoms with Crippen molar-refractivity contribution in [3.63, 3.8) is 0 Å². The molecule has 7 nitrogen and oxygen atoms in total. The highest BCUT2D eigenvalue weighted by Gasteiger charge is 2.21. The van der Waals surface area contributed by atoms with E-state index in [1.54, 1.807) is 28.6 Å². The van der Waals surface area contributed by atoms with Crippen LogP contribution in [0, 0.1) is 11.3 Å². The minimum absolute atomic E-state index is 0.494. The molecular weight excluding hydrogens is 454 g/mol. The number of aromatic nitrogens is 6. The molecule has 0 aliphatic heterocycles. The Bertz CT molecular complexity index is 1460. The van der Waals surface area contributed by atoms with E-state index in [-0.39, 0.29) is 0 Å². The van der Waals surface area contributed by atoms with Crippen molar-refractivity contribution in [2.45, 2.75) is 30.7 Å². The van der Waals surface area contributed by atoms with Crippen molar-refractivity contribution in [1.29, 1.82) is 5.26 Å². The summed E-state index contributed by atoms with van der Waals surface area (Å²) < 4.78 is 3.78. The van der Waals surface area contributed by atoms with Gasteiger partial charge in [-0.1, -0.05) is 67.6 Å². The van der Waals surface area contributed by atoms with Crippen LogP contribution >= 0.6 is 11.8 Å². The number of hydrogen-bond acceptors (Lipinski definition) is 6. The third-order valence-electron chi connectivity index (χ3n) is 5.73. The molecule has 0 radical (unpaired) electrons. The zero-order chi connectivity index (χ0) is 24.0. The molecule has 0 aliphatic rings. The predicted octanol–water partition coefficient (Wildman–Crippen LogP) is 5.30.